The van der Waals surface area contributed by atoms with Gasteiger partial charge in [-0.2, -0.15) is 9.78 Å². The van der Waals surface area contributed by atoms with Crippen LogP contribution in [0.25, 0.3) is 0 Å². The van der Waals surface area contributed by atoms with Crippen molar-refractivity contribution in [2.75, 3.05) is 0 Å². The minimum absolute atomic E-state index is 0. The smallest absolute Gasteiger partial charge is 0.334 e. The Hall–Kier alpha value is 0.279. The number of hydrogen-bond acceptors (Lipinski definition) is 6. The summed E-state index contributed by atoms with van der Waals surface area (Å²) in [7, 11) is 0. The fourth-order valence-corrected chi connectivity index (χ4v) is 0.0603. The Morgan fingerprint density at radius 1 is 1.11 bits per heavy atom. The van der Waals surface area contributed by atoms with Gasteiger partial charge in [0.1, 0.15) is 0 Å². The van der Waals surface area contributed by atoms with Crippen LogP contribution >= 0.6 is 0 Å². The molecule has 1 fully saturated rings. The molecule has 65 valence electrons. The molecular formula is C2H13CuN3O3. The van der Waals surface area contributed by atoms with E-state index in [2.05, 4.69) is 9.78 Å². The fourth-order valence-electron chi connectivity index (χ4n) is 0.0603. The molecule has 1 saturated heterocycles. The van der Waals surface area contributed by atoms with Crippen LogP contribution < -0.4 is 18.5 Å². The molecule has 0 unspecified atom stereocenters. The van der Waals surface area contributed by atoms with Gasteiger partial charge in [-0.05, 0) is 0 Å². The van der Waals surface area contributed by atoms with Crippen LogP contribution in [0.1, 0.15) is 6.92 Å². The Kier molecular flexibility index (Phi) is 16.2. The third kappa shape index (κ3) is 11.7. The summed E-state index contributed by atoms with van der Waals surface area (Å²) in [4.78, 5) is 7.90. The van der Waals surface area contributed by atoms with Crippen LogP contribution in [0.3, 0.4) is 0 Å². The molecule has 7 heteroatoms. The summed E-state index contributed by atoms with van der Waals surface area (Å²) in [5.41, 5.74) is 0. The zero-order valence-electron chi connectivity index (χ0n) is 5.19. The molecule has 1 aliphatic rings. The molecule has 0 aromatic carbocycles. The Bertz CT molecular complexity index is 55.0. The standard InChI is InChI=1S/C2H4O3.Cu.3H3N/c1-2(3)4-5-2;;;;/h3H,1H3;;3*1H3. The minimum atomic E-state index is -1.25. The molecule has 0 spiro atoms. The van der Waals surface area contributed by atoms with Crippen molar-refractivity contribution in [2.45, 2.75) is 12.9 Å². The predicted molar refractivity (Wildman–Crippen MR) is 27.9 cm³/mol. The molecule has 10 N–H and O–H groups in total. The largest absolute Gasteiger partial charge is 0.344 e. The molecule has 0 amide bonds. The van der Waals surface area contributed by atoms with E-state index in [0.29, 0.717) is 0 Å². The maximum Gasteiger partial charge on any atom is 0.334 e. The van der Waals surface area contributed by atoms with E-state index in [1.807, 2.05) is 0 Å². The first-order valence-electron chi connectivity index (χ1n) is 1.30. The van der Waals surface area contributed by atoms with Gasteiger partial charge in [0.25, 0.3) is 0 Å². The molecule has 1 aliphatic heterocycles. The first kappa shape index (κ1) is 22.8. The molecule has 1 rings (SSSR count). The van der Waals surface area contributed by atoms with E-state index in [1.165, 1.54) is 6.92 Å². The Labute approximate surface area is 64.1 Å². The second-order valence-electron chi connectivity index (χ2n) is 1.06. The Balaban J connectivity index is -0.0000000312. The van der Waals surface area contributed by atoms with Crippen molar-refractivity contribution in [1.29, 1.82) is 0 Å². The molecular weight excluding hydrogens is 178 g/mol. The van der Waals surface area contributed by atoms with Crippen LogP contribution in [0, 0.1) is 0 Å². The van der Waals surface area contributed by atoms with Crippen molar-refractivity contribution < 1.29 is 32.0 Å². The summed E-state index contributed by atoms with van der Waals surface area (Å²) < 4.78 is 0. The van der Waals surface area contributed by atoms with Gasteiger partial charge in [-0.25, -0.2) is 0 Å². The summed E-state index contributed by atoms with van der Waals surface area (Å²) in [6.45, 7) is 1.41. The summed E-state index contributed by atoms with van der Waals surface area (Å²) >= 11 is 0. The maximum atomic E-state index is 8.19. The van der Waals surface area contributed by atoms with Gasteiger partial charge in [0.2, 0.25) is 0 Å². The number of hydrogen-bond donors (Lipinski definition) is 4. The van der Waals surface area contributed by atoms with E-state index in [-0.39, 0.29) is 35.5 Å². The molecule has 1 heterocycles. The molecule has 6 nitrogen and oxygen atoms in total. The van der Waals surface area contributed by atoms with Crippen molar-refractivity contribution in [3.63, 3.8) is 0 Å². The average molecular weight is 191 g/mol. The first-order valence-corrected chi connectivity index (χ1v) is 1.30. The number of rotatable bonds is 0. The summed E-state index contributed by atoms with van der Waals surface area (Å²) in [6.07, 6.45) is 0. The third-order valence-corrected chi connectivity index (χ3v) is 0.325. The van der Waals surface area contributed by atoms with Crippen LogP contribution in [0.15, 0.2) is 0 Å². The second kappa shape index (κ2) is 6.40. The first-order chi connectivity index (χ1) is 2.21. The molecule has 9 heavy (non-hydrogen) atoms. The maximum absolute atomic E-state index is 8.19. The molecule has 0 aromatic rings. The Morgan fingerprint density at radius 2 is 1.22 bits per heavy atom. The fraction of sp³-hybridized carbons (Fsp3) is 1.00. The van der Waals surface area contributed by atoms with Crippen molar-refractivity contribution >= 4 is 0 Å². The number of aliphatic hydroxyl groups is 1. The van der Waals surface area contributed by atoms with Crippen molar-refractivity contribution in [2.24, 2.45) is 0 Å². The molecule has 0 saturated carbocycles. The van der Waals surface area contributed by atoms with Gasteiger partial charge in [0, 0.05) is 24.0 Å². The van der Waals surface area contributed by atoms with Gasteiger partial charge in [-0.3, -0.25) is 0 Å². The van der Waals surface area contributed by atoms with E-state index in [1.54, 1.807) is 0 Å². The zero-order chi connectivity index (χ0) is 3.91. The predicted octanol–water partition coefficient (Wildman–Crippen LogP) is 0.0977. The van der Waals surface area contributed by atoms with Gasteiger partial charge in [0.15, 0.2) is 0 Å². The van der Waals surface area contributed by atoms with Crippen molar-refractivity contribution in [1.82, 2.24) is 18.5 Å². The van der Waals surface area contributed by atoms with Crippen LogP contribution in [0.2, 0.25) is 0 Å². The van der Waals surface area contributed by atoms with E-state index in [4.69, 9.17) is 5.11 Å². The van der Waals surface area contributed by atoms with Crippen molar-refractivity contribution in [3.05, 3.63) is 0 Å². The van der Waals surface area contributed by atoms with E-state index in [0.717, 1.165) is 0 Å². The van der Waals surface area contributed by atoms with Gasteiger partial charge < -0.3 is 23.6 Å². The van der Waals surface area contributed by atoms with Gasteiger partial charge >= 0.3 is 5.97 Å². The van der Waals surface area contributed by atoms with Gasteiger partial charge in [-0.1, -0.05) is 0 Å². The molecule has 0 aliphatic carbocycles. The summed E-state index contributed by atoms with van der Waals surface area (Å²) in [5, 5.41) is 8.19. The Morgan fingerprint density at radius 3 is 1.22 bits per heavy atom. The van der Waals surface area contributed by atoms with Gasteiger partial charge in [-0.15, -0.1) is 0 Å². The minimum Gasteiger partial charge on any atom is -0.344 e. The average Bonchev–Trinajstić information content (AvgIpc) is 1.76. The van der Waals surface area contributed by atoms with Crippen LogP contribution in [0.4, 0.5) is 0 Å². The van der Waals surface area contributed by atoms with Crippen molar-refractivity contribution in [3.8, 4) is 0 Å². The quantitative estimate of drug-likeness (QED) is 0.242. The van der Waals surface area contributed by atoms with Crippen LogP contribution in [-0.4, -0.2) is 11.1 Å². The SMILES string of the molecule is CC1(O)OO1.N.N.N.[Cu]. The molecule has 0 atom stereocenters. The summed E-state index contributed by atoms with van der Waals surface area (Å²) in [5.74, 6) is -1.25. The van der Waals surface area contributed by atoms with E-state index < -0.39 is 5.97 Å². The monoisotopic (exact) mass is 190 g/mol. The zero-order valence-corrected chi connectivity index (χ0v) is 6.13. The topological polar surface area (TPSA) is 150 Å². The summed E-state index contributed by atoms with van der Waals surface area (Å²) in [6, 6.07) is 0. The molecule has 1 radical (unpaired) electrons. The second-order valence-corrected chi connectivity index (χ2v) is 1.06. The molecule has 0 aromatic heterocycles. The van der Waals surface area contributed by atoms with E-state index in [9.17, 15) is 0 Å². The van der Waals surface area contributed by atoms with Crippen LogP contribution in [-0.2, 0) is 26.8 Å². The van der Waals surface area contributed by atoms with Crippen LogP contribution in [0.5, 0.6) is 0 Å². The van der Waals surface area contributed by atoms with E-state index >= 15 is 0 Å². The molecule has 0 bridgehead atoms. The normalized spacial score (nSPS) is 16.7. The van der Waals surface area contributed by atoms with Gasteiger partial charge in [0.05, 0.1) is 0 Å². The third-order valence-electron chi connectivity index (χ3n) is 0.325.